The molecule has 4 heterocycles. The van der Waals surface area contributed by atoms with E-state index in [0.29, 0.717) is 17.5 Å². The van der Waals surface area contributed by atoms with Gasteiger partial charge in [-0.15, -0.1) is 0 Å². The number of piperidine rings is 3. The van der Waals surface area contributed by atoms with Crippen LogP contribution >= 0.6 is 0 Å². The molecule has 23 heavy (non-hydrogen) atoms. The number of benzene rings is 1. The van der Waals surface area contributed by atoms with Crippen LogP contribution in [-0.4, -0.2) is 40.0 Å². The number of rotatable bonds is 2. The molecule has 1 saturated carbocycles. The zero-order chi connectivity index (χ0) is 15.6. The lowest BCUT2D eigenvalue weighted by Crippen LogP contribution is -2.65. The number of carbonyl (C=O) groups excluding carboxylic acids is 1. The highest BCUT2D eigenvalue weighted by Gasteiger charge is 2.60. The molecule has 1 aromatic carbocycles. The van der Waals surface area contributed by atoms with Crippen molar-refractivity contribution < 1.29 is 4.79 Å². The van der Waals surface area contributed by atoms with E-state index in [1.54, 1.807) is 0 Å². The second-order valence-corrected chi connectivity index (χ2v) is 7.58. The monoisotopic (exact) mass is 309 g/mol. The van der Waals surface area contributed by atoms with Crippen molar-refractivity contribution in [1.29, 1.82) is 0 Å². The third kappa shape index (κ3) is 1.91. The first-order valence-corrected chi connectivity index (χ1v) is 8.78. The molecule has 1 N–H and O–H groups in total. The van der Waals surface area contributed by atoms with E-state index < -0.39 is 0 Å². The lowest BCUT2D eigenvalue weighted by atomic mass is 9.77. The zero-order valence-corrected chi connectivity index (χ0v) is 13.6. The molecule has 2 bridgehead atoms. The van der Waals surface area contributed by atoms with Gasteiger partial charge < -0.3 is 9.88 Å². The van der Waals surface area contributed by atoms with Crippen molar-refractivity contribution in [3.63, 3.8) is 0 Å². The number of amides is 1. The summed E-state index contributed by atoms with van der Waals surface area (Å²) in [6.07, 6.45) is 7.03. The average Bonchev–Trinajstić information content (AvgIpc) is 3.28. The van der Waals surface area contributed by atoms with Gasteiger partial charge in [0.15, 0.2) is 0 Å². The summed E-state index contributed by atoms with van der Waals surface area (Å²) >= 11 is 0. The molecule has 3 saturated heterocycles. The van der Waals surface area contributed by atoms with E-state index in [9.17, 15) is 4.79 Å². The Morgan fingerprint density at radius 3 is 2.74 bits per heavy atom. The molecule has 1 unspecified atom stereocenters. The largest absolute Gasteiger partial charge is 0.351 e. The lowest BCUT2D eigenvalue weighted by molar-refractivity contribution is -0.00144. The first-order valence-electron chi connectivity index (χ1n) is 8.78. The van der Waals surface area contributed by atoms with Gasteiger partial charge in [0.05, 0.1) is 6.04 Å². The minimum absolute atomic E-state index is 0.0955. The Hall–Kier alpha value is -1.81. The predicted molar refractivity (Wildman–Crippen MR) is 90.4 cm³/mol. The zero-order valence-electron chi connectivity index (χ0n) is 13.6. The molecule has 4 heteroatoms. The van der Waals surface area contributed by atoms with Gasteiger partial charge in [-0.2, -0.15) is 0 Å². The summed E-state index contributed by atoms with van der Waals surface area (Å²) in [4.78, 5) is 15.5. The summed E-state index contributed by atoms with van der Waals surface area (Å²) in [6, 6.07) is 8.46. The second-order valence-electron chi connectivity index (χ2n) is 7.58. The summed E-state index contributed by atoms with van der Waals surface area (Å²) in [7, 11) is 2.02. The molecule has 1 aliphatic carbocycles. The first kappa shape index (κ1) is 13.6. The number of aromatic nitrogens is 1. The van der Waals surface area contributed by atoms with Crippen molar-refractivity contribution in [3.8, 4) is 0 Å². The van der Waals surface area contributed by atoms with E-state index >= 15 is 0 Å². The van der Waals surface area contributed by atoms with Crippen molar-refractivity contribution in [2.75, 3.05) is 13.1 Å². The van der Waals surface area contributed by atoms with E-state index in [1.165, 1.54) is 44.2 Å². The molecule has 4 aliphatic rings. The van der Waals surface area contributed by atoms with Gasteiger partial charge in [0.2, 0.25) is 0 Å². The fourth-order valence-electron chi connectivity index (χ4n) is 4.95. The number of hydrogen-bond acceptors (Lipinski definition) is 2. The first-order chi connectivity index (χ1) is 11.2. The van der Waals surface area contributed by atoms with Crippen molar-refractivity contribution >= 4 is 16.8 Å². The normalized spacial score (nSPS) is 30.7. The summed E-state index contributed by atoms with van der Waals surface area (Å²) in [5.41, 5.74) is 2.20. The smallest absolute Gasteiger partial charge is 0.251 e. The van der Waals surface area contributed by atoms with Crippen molar-refractivity contribution in [2.24, 2.45) is 13.0 Å². The van der Waals surface area contributed by atoms with Gasteiger partial charge in [-0.1, -0.05) is 6.07 Å². The van der Waals surface area contributed by atoms with Gasteiger partial charge in [-0.3, -0.25) is 9.69 Å². The fraction of sp³-hybridized carbons (Fsp3) is 0.526. The third-order valence-corrected chi connectivity index (χ3v) is 6.42. The molecule has 4 fully saturated rings. The van der Waals surface area contributed by atoms with Crippen LogP contribution in [0.3, 0.4) is 0 Å². The van der Waals surface area contributed by atoms with Crippen LogP contribution in [0.5, 0.6) is 0 Å². The SMILES string of the molecule is Cn1ccc2ccc(C(=O)NC3C4CCN(CC4)C34CC4)cc21. The molecule has 0 radical (unpaired) electrons. The fourth-order valence-corrected chi connectivity index (χ4v) is 4.95. The minimum Gasteiger partial charge on any atom is -0.351 e. The van der Waals surface area contributed by atoms with Crippen molar-refractivity contribution in [2.45, 2.75) is 37.3 Å². The maximum atomic E-state index is 12.8. The van der Waals surface area contributed by atoms with Crippen LogP contribution in [0.4, 0.5) is 0 Å². The molecule has 1 aromatic heterocycles. The Morgan fingerprint density at radius 2 is 2.00 bits per heavy atom. The Balaban J connectivity index is 1.43. The molecule has 1 amide bonds. The number of nitrogens with one attached hydrogen (secondary N) is 1. The molecule has 1 spiro atoms. The highest BCUT2D eigenvalue weighted by Crippen LogP contribution is 2.53. The summed E-state index contributed by atoms with van der Waals surface area (Å²) in [5, 5.41) is 4.59. The van der Waals surface area contributed by atoms with Crippen LogP contribution in [0.1, 0.15) is 36.0 Å². The van der Waals surface area contributed by atoms with Gasteiger partial charge >= 0.3 is 0 Å². The molecular weight excluding hydrogens is 286 g/mol. The maximum Gasteiger partial charge on any atom is 0.251 e. The molecule has 120 valence electrons. The van der Waals surface area contributed by atoms with Gasteiger partial charge in [-0.25, -0.2) is 0 Å². The van der Waals surface area contributed by atoms with E-state index in [1.807, 2.05) is 31.4 Å². The van der Waals surface area contributed by atoms with Gasteiger partial charge in [-0.05, 0) is 68.3 Å². The molecule has 6 rings (SSSR count). The van der Waals surface area contributed by atoms with Gasteiger partial charge in [0.25, 0.3) is 5.91 Å². The van der Waals surface area contributed by atoms with Crippen molar-refractivity contribution in [1.82, 2.24) is 14.8 Å². The highest BCUT2D eigenvalue weighted by atomic mass is 16.1. The molecule has 2 aromatic rings. The quantitative estimate of drug-likeness (QED) is 0.925. The molecule has 3 aliphatic heterocycles. The third-order valence-electron chi connectivity index (χ3n) is 6.42. The van der Waals surface area contributed by atoms with E-state index in [4.69, 9.17) is 0 Å². The van der Waals surface area contributed by atoms with Crippen molar-refractivity contribution in [3.05, 3.63) is 36.0 Å². The second kappa shape index (κ2) is 4.60. The number of hydrogen-bond donors (Lipinski definition) is 1. The summed E-state index contributed by atoms with van der Waals surface area (Å²) in [6.45, 7) is 2.46. The Kier molecular flexibility index (Phi) is 2.72. The molecular formula is C19H23N3O. The van der Waals surface area contributed by atoms with Crippen LogP contribution in [0, 0.1) is 5.92 Å². The predicted octanol–water partition coefficient (Wildman–Crippen LogP) is 2.53. The Labute approximate surface area is 136 Å². The van der Waals surface area contributed by atoms with E-state index in [-0.39, 0.29) is 5.91 Å². The standard InChI is InChI=1S/C19H23N3O/c1-21-9-4-13-2-3-15(12-16(13)21)18(23)20-17-14-5-10-22(11-6-14)19(17)7-8-19/h2-4,9,12,14,17H,5-8,10-11H2,1H3,(H,20,23). The topological polar surface area (TPSA) is 37.3 Å². The van der Waals surface area contributed by atoms with Gasteiger partial charge in [0.1, 0.15) is 0 Å². The number of fused-ring (bicyclic) bond motifs is 3. The summed E-state index contributed by atoms with van der Waals surface area (Å²) < 4.78 is 2.07. The number of aryl methyl sites for hydroxylation is 1. The number of carbonyl (C=O) groups is 1. The van der Waals surface area contributed by atoms with Crippen LogP contribution in [0.25, 0.3) is 10.9 Å². The highest BCUT2D eigenvalue weighted by molar-refractivity contribution is 5.98. The molecule has 4 nitrogen and oxygen atoms in total. The van der Waals surface area contributed by atoms with Crippen LogP contribution in [-0.2, 0) is 7.05 Å². The van der Waals surface area contributed by atoms with Crippen LogP contribution in [0.2, 0.25) is 0 Å². The molecule has 1 atom stereocenters. The van der Waals surface area contributed by atoms with Crippen LogP contribution in [0.15, 0.2) is 30.5 Å². The average molecular weight is 309 g/mol. The van der Waals surface area contributed by atoms with E-state index in [0.717, 1.165) is 11.1 Å². The Bertz CT molecular complexity index is 781. The minimum atomic E-state index is 0.0955. The van der Waals surface area contributed by atoms with E-state index in [2.05, 4.69) is 20.9 Å². The maximum absolute atomic E-state index is 12.8. The van der Waals surface area contributed by atoms with Gasteiger partial charge in [0, 0.05) is 29.9 Å². The van der Waals surface area contributed by atoms with Crippen LogP contribution < -0.4 is 5.32 Å². The lowest BCUT2D eigenvalue weighted by Gasteiger charge is -2.52. The number of nitrogens with zero attached hydrogens (tertiary/aromatic N) is 2. The Morgan fingerprint density at radius 1 is 1.22 bits per heavy atom. The summed E-state index contributed by atoms with van der Waals surface area (Å²) in [5.74, 6) is 0.767.